The van der Waals surface area contributed by atoms with Crippen molar-refractivity contribution in [1.82, 2.24) is 9.38 Å². The molecule has 0 amide bonds. The summed E-state index contributed by atoms with van der Waals surface area (Å²) in [5, 5.41) is 1.15. The van der Waals surface area contributed by atoms with Gasteiger partial charge < -0.3 is 0 Å². The Morgan fingerprint density at radius 1 is 0.826 bits per heavy atom. The molecule has 0 atom stereocenters. The summed E-state index contributed by atoms with van der Waals surface area (Å²) in [5.41, 5.74) is 4.45. The number of fused-ring (bicyclic) bond motifs is 1. The zero-order valence-electron chi connectivity index (χ0n) is 12.8. The van der Waals surface area contributed by atoms with Crippen molar-refractivity contribution in [2.24, 2.45) is 0 Å². The number of imidazole rings is 1. The summed E-state index contributed by atoms with van der Waals surface area (Å²) >= 11 is 1.75. The molecular weight excluding hydrogens is 300 g/mol. The zero-order chi connectivity index (χ0) is 15.6. The molecule has 2 nitrogen and oxygen atoms in total. The largest absolute Gasteiger partial charge is 0.294 e. The van der Waals surface area contributed by atoms with Crippen LogP contribution in [0.3, 0.4) is 0 Å². The van der Waals surface area contributed by atoms with Crippen molar-refractivity contribution in [3.63, 3.8) is 0 Å². The first kappa shape index (κ1) is 14.1. The van der Waals surface area contributed by atoms with Crippen molar-refractivity contribution in [2.75, 3.05) is 0 Å². The second-order valence-electron chi connectivity index (χ2n) is 5.42. The van der Waals surface area contributed by atoms with E-state index in [9.17, 15) is 0 Å². The van der Waals surface area contributed by atoms with Gasteiger partial charge in [-0.25, -0.2) is 4.98 Å². The second-order valence-corrected chi connectivity index (χ2v) is 6.49. The maximum atomic E-state index is 4.88. The van der Waals surface area contributed by atoms with Gasteiger partial charge in [-0.1, -0.05) is 60.3 Å². The van der Waals surface area contributed by atoms with Gasteiger partial charge in [0.25, 0.3) is 0 Å². The van der Waals surface area contributed by atoms with Crippen LogP contribution in [0.4, 0.5) is 0 Å². The van der Waals surface area contributed by atoms with Crippen LogP contribution in [-0.2, 0) is 0 Å². The fraction of sp³-hybridized carbons (Fsp3) is 0.0500. The van der Waals surface area contributed by atoms with Crippen molar-refractivity contribution < 1.29 is 0 Å². The molecule has 4 aromatic rings. The highest BCUT2D eigenvalue weighted by molar-refractivity contribution is 7.99. The highest BCUT2D eigenvalue weighted by Gasteiger charge is 2.16. The Balaban J connectivity index is 1.93. The van der Waals surface area contributed by atoms with Gasteiger partial charge in [0, 0.05) is 16.7 Å². The number of aryl methyl sites for hydroxylation is 1. The fourth-order valence-corrected chi connectivity index (χ4v) is 3.71. The predicted octanol–water partition coefficient (Wildman–Crippen LogP) is 5.46. The van der Waals surface area contributed by atoms with Crippen LogP contribution < -0.4 is 0 Å². The van der Waals surface area contributed by atoms with E-state index in [4.69, 9.17) is 4.98 Å². The van der Waals surface area contributed by atoms with Crippen LogP contribution in [0.15, 0.2) is 88.9 Å². The van der Waals surface area contributed by atoms with Gasteiger partial charge in [0.15, 0.2) is 0 Å². The Labute approximate surface area is 139 Å². The molecule has 0 saturated heterocycles. The third kappa shape index (κ3) is 2.64. The van der Waals surface area contributed by atoms with Gasteiger partial charge in [0.05, 0.1) is 0 Å². The quantitative estimate of drug-likeness (QED) is 0.499. The number of pyridine rings is 1. The van der Waals surface area contributed by atoms with Crippen molar-refractivity contribution in [3.05, 3.63) is 84.6 Å². The van der Waals surface area contributed by atoms with Crippen LogP contribution in [-0.4, -0.2) is 9.38 Å². The normalized spacial score (nSPS) is 11.0. The van der Waals surface area contributed by atoms with E-state index in [0.29, 0.717) is 0 Å². The van der Waals surface area contributed by atoms with Crippen molar-refractivity contribution in [3.8, 4) is 11.3 Å². The topological polar surface area (TPSA) is 17.3 Å². The molecule has 0 aliphatic rings. The van der Waals surface area contributed by atoms with Gasteiger partial charge in [-0.2, -0.15) is 0 Å². The summed E-state index contributed by atoms with van der Waals surface area (Å²) in [6.07, 6.45) is 2.08. The molecule has 0 radical (unpaired) electrons. The summed E-state index contributed by atoms with van der Waals surface area (Å²) in [5.74, 6) is 0. The van der Waals surface area contributed by atoms with Gasteiger partial charge in [0.2, 0.25) is 0 Å². The van der Waals surface area contributed by atoms with Gasteiger partial charge in [0.1, 0.15) is 16.4 Å². The number of rotatable bonds is 3. The van der Waals surface area contributed by atoms with Gasteiger partial charge in [-0.05, 0) is 36.8 Å². The lowest BCUT2D eigenvalue weighted by Crippen LogP contribution is -1.88. The molecule has 112 valence electrons. The monoisotopic (exact) mass is 316 g/mol. The molecule has 0 spiro atoms. The van der Waals surface area contributed by atoms with Crippen LogP contribution in [0.5, 0.6) is 0 Å². The Hall–Kier alpha value is -2.52. The van der Waals surface area contributed by atoms with Crippen molar-refractivity contribution in [1.29, 1.82) is 0 Å². The fourth-order valence-electron chi connectivity index (χ4n) is 2.69. The van der Waals surface area contributed by atoms with E-state index in [-0.39, 0.29) is 0 Å². The molecule has 4 rings (SSSR count). The summed E-state index contributed by atoms with van der Waals surface area (Å²) in [7, 11) is 0. The van der Waals surface area contributed by atoms with Gasteiger partial charge in [-0.3, -0.25) is 4.40 Å². The number of benzene rings is 2. The van der Waals surface area contributed by atoms with Gasteiger partial charge in [-0.15, -0.1) is 0 Å². The van der Waals surface area contributed by atoms with E-state index in [1.54, 1.807) is 11.8 Å². The minimum absolute atomic E-state index is 0.976. The number of aromatic nitrogens is 2. The van der Waals surface area contributed by atoms with Crippen LogP contribution in [0.1, 0.15) is 5.56 Å². The van der Waals surface area contributed by atoms with Crippen LogP contribution in [0.25, 0.3) is 16.9 Å². The smallest absolute Gasteiger partial charge is 0.138 e. The lowest BCUT2D eigenvalue weighted by Gasteiger charge is -2.07. The third-order valence-electron chi connectivity index (χ3n) is 3.84. The molecule has 0 saturated carbocycles. The van der Waals surface area contributed by atoms with E-state index in [1.165, 1.54) is 16.0 Å². The highest BCUT2D eigenvalue weighted by atomic mass is 32.2. The molecule has 0 unspecified atom stereocenters. The highest BCUT2D eigenvalue weighted by Crippen LogP contribution is 2.37. The van der Waals surface area contributed by atoms with Crippen LogP contribution in [0, 0.1) is 6.92 Å². The Morgan fingerprint density at radius 3 is 2.39 bits per heavy atom. The lowest BCUT2D eigenvalue weighted by atomic mass is 10.1. The summed E-state index contributed by atoms with van der Waals surface area (Å²) in [6.45, 7) is 2.14. The average Bonchev–Trinajstić information content (AvgIpc) is 2.95. The SMILES string of the molecule is Cc1ccccc1-c1nc2ccccn2c1Sc1ccccc1. The molecule has 2 aromatic carbocycles. The summed E-state index contributed by atoms with van der Waals surface area (Å²) in [6, 6.07) is 25.0. The standard InChI is InChI=1S/C20H16N2S/c1-15-9-5-6-12-17(15)19-20(23-16-10-3-2-4-11-16)22-14-8-7-13-18(22)21-19/h2-14H,1H3. The lowest BCUT2D eigenvalue weighted by molar-refractivity contribution is 1.05. The number of hydrogen-bond acceptors (Lipinski definition) is 2. The first-order chi connectivity index (χ1) is 11.3. The maximum Gasteiger partial charge on any atom is 0.138 e. The molecule has 0 aliphatic heterocycles. The Bertz CT molecular complexity index is 958. The minimum Gasteiger partial charge on any atom is -0.294 e. The summed E-state index contributed by atoms with van der Waals surface area (Å²) in [4.78, 5) is 6.10. The summed E-state index contributed by atoms with van der Waals surface area (Å²) < 4.78 is 2.17. The second kappa shape index (κ2) is 5.94. The molecule has 2 heterocycles. The molecule has 23 heavy (non-hydrogen) atoms. The average molecular weight is 316 g/mol. The zero-order valence-corrected chi connectivity index (χ0v) is 13.6. The van der Waals surface area contributed by atoms with E-state index in [1.807, 2.05) is 18.2 Å². The Kier molecular flexibility index (Phi) is 3.64. The first-order valence-corrected chi connectivity index (χ1v) is 8.40. The third-order valence-corrected chi connectivity index (χ3v) is 4.94. The molecule has 0 N–H and O–H groups in total. The van der Waals surface area contributed by atoms with E-state index in [2.05, 4.69) is 72.1 Å². The Morgan fingerprint density at radius 2 is 1.57 bits per heavy atom. The number of hydrogen-bond donors (Lipinski definition) is 0. The van der Waals surface area contributed by atoms with E-state index >= 15 is 0 Å². The predicted molar refractivity (Wildman–Crippen MR) is 95.9 cm³/mol. The minimum atomic E-state index is 0.976. The molecule has 3 heteroatoms. The maximum absolute atomic E-state index is 4.88. The van der Waals surface area contributed by atoms with Gasteiger partial charge >= 0.3 is 0 Å². The van der Waals surface area contributed by atoms with Crippen molar-refractivity contribution >= 4 is 17.4 Å². The van der Waals surface area contributed by atoms with Crippen molar-refractivity contribution in [2.45, 2.75) is 16.8 Å². The molecule has 2 aromatic heterocycles. The molecule has 0 bridgehead atoms. The van der Waals surface area contributed by atoms with Crippen LogP contribution in [0.2, 0.25) is 0 Å². The van der Waals surface area contributed by atoms with Crippen LogP contribution >= 0.6 is 11.8 Å². The molecule has 0 aliphatic carbocycles. The molecule has 0 fully saturated rings. The number of nitrogens with zero attached hydrogens (tertiary/aromatic N) is 2. The van der Waals surface area contributed by atoms with E-state index < -0.39 is 0 Å². The van der Waals surface area contributed by atoms with E-state index in [0.717, 1.165) is 16.4 Å². The first-order valence-electron chi connectivity index (χ1n) is 7.59. The molecular formula is C20H16N2S.